The van der Waals surface area contributed by atoms with Crippen LogP contribution in [0.25, 0.3) is 22.4 Å². The standard InChI is InChI=1S/C22H28N6O3/c1-22(2,21(30)31-3)24-12-15-11-17-19(25-15)26-18(14-6-8-23-9-7-14)27-20(17)28-10-4-5-16(28)13-29/h6-9,11,16,24,29H,4-5,10,12-13H2,1-3H3,(H,25,26,27)/t16-/m1/s1. The highest BCUT2D eigenvalue weighted by Crippen LogP contribution is 2.32. The number of aliphatic hydroxyl groups excluding tert-OH is 1. The number of fused-ring (bicyclic) bond motifs is 1. The Morgan fingerprint density at radius 2 is 2.13 bits per heavy atom. The number of methoxy groups -OCH3 is 1. The van der Waals surface area contributed by atoms with E-state index in [2.05, 4.69) is 20.2 Å². The third-order valence-electron chi connectivity index (χ3n) is 5.74. The summed E-state index contributed by atoms with van der Waals surface area (Å²) in [6, 6.07) is 5.80. The number of hydrogen-bond acceptors (Lipinski definition) is 8. The summed E-state index contributed by atoms with van der Waals surface area (Å²) in [5.74, 6) is 1.08. The molecule has 4 rings (SSSR count). The van der Waals surface area contributed by atoms with E-state index in [1.807, 2.05) is 18.2 Å². The summed E-state index contributed by atoms with van der Waals surface area (Å²) >= 11 is 0. The normalized spacial score (nSPS) is 16.8. The fraction of sp³-hybridized carbons (Fsp3) is 0.455. The first kappa shape index (κ1) is 21.2. The van der Waals surface area contributed by atoms with E-state index in [1.165, 1.54) is 7.11 Å². The molecule has 0 radical (unpaired) electrons. The zero-order valence-electron chi connectivity index (χ0n) is 18.1. The number of hydrogen-bond donors (Lipinski definition) is 3. The molecular weight excluding hydrogens is 396 g/mol. The van der Waals surface area contributed by atoms with Crippen molar-refractivity contribution in [1.82, 2.24) is 25.3 Å². The lowest BCUT2D eigenvalue weighted by atomic mass is 10.1. The maximum Gasteiger partial charge on any atom is 0.325 e. The molecule has 164 valence electrons. The van der Waals surface area contributed by atoms with E-state index in [0.717, 1.165) is 41.8 Å². The summed E-state index contributed by atoms with van der Waals surface area (Å²) in [7, 11) is 1.38. The Morgan fingerprint density at radius 1 is 1.35 bits per heavy atom. The fourth-order valence-electron chi connectivity index (χ4n) is 3.94. The average molecular weight is 425 g/mol. The van der Waals surface area contributed by atoms with Crippen LogP contribution in [0.3, 0.4) is 0 Å². The molecule has 1 aliphatic rings. The number of aromatic amines is 1. The molecule has 1 fully saturated rings. The largest absolute Gasteiger partial charge is 0.468 e. The number of H-pyrrole nitrogens is 1. The molecule has 0 aliphatic carbocycles. The van der Waals surface area contributed by atoms with Crippen molar-refractivity contribution < 1.29 is 14.6 Å². The summed E-state index contributed by atoms with van der Waals surface area (Å²) in [6.45, 7) is 4.92. The van der Waals surface area contributed by atoms with Crippen LogP contribution in [0.2, 0.25) is 0 Å². The molecule has 0 amide bonds. The molecule has 1 saturated heterocycles. The number of nitrogens with one attached hydrogen (secondary N) is 2. The SMILES string of the molecule is COC(=O)C(C)(C)NCc1cc2c(N3CCC[C@@H]3CO)nc(-c3ccncc3)nc2[nH]1. The second-order valence-corrected chi connectivity index (χ2v) is 8.31. The van der Waals surface area contributed by atoms with E-state index < -0.39 is 5.54 Å². The van der Waals surface area contributed by atoms with E-state index in [0.29, 0.717) is 18.0 Å². The molecule has 0 spiro atoms. The Morgan fingerprint density at radius 3 is 2.84 bits per heavy atom. The quantitative estimate of drug-likeness (QED) is 0.493. The molecule has 0 aromatic carbocycles. The van der Waals surface area contributed by atoms with Gasteiger partial charge >= 0.3 is 5.97 Å². The number of carbonyl (C=O) groups excluding carboxylic acids is 1. The topological polar surface area (TPSA) is 116 Å². The van der Waals surface area contributed by atoms with Gasteiger partial charge in [-0.15, -0.1) is 0 Å². The molecule has 1 aliphatic heterocycles. The number of pyridine rings is 1. The maximum absolute atomic E-state index is 12.0. The van der Waals surface area contributed by atoms with Crippen LogP contribution in [0.15, 0.2) is 30.6 Å². The van der Waals surface area contributed by atoms with Crippen LogP contribution in [0, 0.1) is 0 Å². The molecule has 4 heterocycles. The molecule has 9 heteroatoms. The smallest absolute Gasteiger partial charge is 0.325 e. The second kappa shape index (κ2) is 8.60. The van der Waals surface area contributed by atoms with E-state index in [1.54, 1.807) is 26.2 Å². The van der Waals surface area contributed by atoms with Gasteiger partial charge in [-0.3, -0.25) is 15.1 Å². The number of aliphatic hydroxyl groups is 1. The molecule has 0 unspecified atom stereocenters. The van der Waals surface area contributed by atoms with Crippen LogP contribution in [0.5, 0.6) is 0 Å². The third-order valence-corrected chi connectivity index (χ3v) is 5.74. The van der Waals surface area contributed by atoms with Crippen LogP contribution >= 0.6 is 0 Å². The predicted molar refractivity (Wildman–Crippen MR) is 118 cm³/mol. The highest BCUT2D eigenvalue weighted by Gasteiger charge is 2.30. The second-order valence-electron chi connectivity index (χ2n) is 8.31. The van der Waals surface area contributed by atoms with Gasteiger partial charge in [0.05, 0.1) is 25.1 Å². The van der Waals surface area contributed by atoms with Crippen molar-refractivity contribution in [1.29, 1.82) is 0 Å². The summed E-state index contributed by atoms with van der Waals surface area (Å²) in [5.41, 5.74) is 1.65. The van der Waals surface area contributed by atoms with Crippen molar-refractivity contribution in [2.75, 3.05) is 25.2 Å². The third kappa shape index (κ3) is 4.24. The van der Waals surface area contributed by atoms with Gasteiger partial charge in [-0.05, 0) is 44.9 Å². The number of esters is 1. The van der Waals surface area contributed by atoms with Crippen LogP contribution in [-0.2, 0) is 16.1 Å². The minimum absolute atomic E-state index is 0.0399. The van der Waals surface area contributed by atoms with Gasteiger partial charge in [-0.2, -0.15) is 0 Å². The monoisotopic (exact) mass is 424 g/mol. The summed E-state index contributed by atoms with van der Waals surface area (Å²) < 4.78 is 4.87. The Balaban J connectivity index is 1.74. The molecule has 0 bridgehead atoms. The Bertz CT molecular complexity index is 1070. The van der Waals surface area contributed by atoms with Crippen molar-refractivity contribution >= 4 is 22.8 Å². The zero-order valence-corrected chi connectivity index (χ0v) is 18.1. The first-order valence-corrected chi connectivity index (χ1v) is 10.4. The van der Waals surface area contributed by atoms with Gasteiger partial charge in [0.25, 0.3) is 0 Å². The first-order chi connectivity index (χ1) is 14.9. The van der Waals surface area contributed by atoms with Gasteiger partial charge in [0.15, 0.2) is 5.82 Å². The molecule has 3 aromatic heterocycles. The zero-order chi connectivity index (χ0) is 22.0. The molecule has 1 atom stereocenters. The fourth-order valence-corrected chi connectivity index (χ4v) is 3.94. The molecule has 3 N–H and O–H groups in total. The van der Waals surface area contributed by atoms with Gasteiger partial charge < -0.3 is 19.7 Å². The number of nitrogens with zero attached hydrogens (tertiary/aromatic N) is 4. The van der Waals surface area contributed by atoms with Crippen molar-refractivity contribution in [2.45, 2.75) is 44.8 Å². The summed E-state index contributed by atoms with van der Waals surface area (Å²) in [6.07, 6.45) is 5.37. The van der Waals surface area contributed by atoms with E-state index in [9.17, 15) is 9.90 Å². The van der Waals surface area contributed by atoms with Gasteiger partial charge in [-0.25, -0.2) is 9.97 Å². The van der Waals surface area contributed by atoms with Gasteiger partial charge in [-0.1, -0.05) is 0 Å². The van der Waals surface area contributed by atoms with Crippen LogP contribution in [0.1, 0.15) is 32.4 Å². The lowest BCUT2D eigenvalue weighted by Crippen LogP contribution is -2.47. The van der Waals surface area contributed by atoms with E-state index in [4.69, 9.17) is 14.7 Å². The Hall–Kier alpha value is -3.04. The van der Waals surface area contributed by atoms with E-state index >= 15 is 0 Å². The number of aromatic nitrogens is 4. The molecule has 0 saturated carbocycles. The van der Waals surface area contributed by atoms with Crippen LogP contribution in [0.4, 0.5) is 5.82 Å². The lowest BCUT2D eigenvalue weighted by Gasteiger charge is -2.25. The summed E-state index contributed by atoms with van der Waals surface area (Å²) in [4.78, 5) is 31.2. The van der Waals surface area contributed by atoms with Gasteiger partial charge in [0.2, 0.25) is 0 Å². The lowest BCUT2D eigenvalue weighted by molar-refractivity contribution is -0.147. The van der Waals surface area contributed by atoms with Crippen molar-refractivity contribution in [3.8, 4) is 11.4 Å². The molecule has 31 heavy (non-hydrogen) atoms. The van der Waals surface area contributed by atoms with Gasteiger partial charge in [0, 0.05) is 36.7 Å². The number of rotatable bonds is 7. The van der Waals surface area contributed by atoms with Gasteiger partial charge in [0.1, 0.15) is 17.0 Å². The van der Waals surface area contributed by atoms with Crippen LogP contribution < -0.4 is 10.2 Å². The highest BCUT2D eigenvalue weighted by atomic mass is 16.5. The number of carbonyl (C=O) groups is 1. The molecule has 9 nitrogen and oxygen atoms in total. The predicted octanol–water partition coefficient (Wildman–Crippen LogP) is 2.02. The van der Waals surface area contributed by atoms with Crippen molar-refractivity contribution in [2.24, 2.45) is 0 Å². The van der Waals surface area contributed by atoms with Crippen molar-refractivity contribution in [3.63, 3.8) is 0 Å². The Labute approximate surface area is 180 Å². The average Bonchev–Trinajstić information content (AvgIpc) is 3.43. The highest BCUT2D eigenvalue weighted by molar-refractivity contribution is 5.90. The van der Waals surface area contributed by atoms with E-state index in [-0.39, 0.29) is 18.6 Å². The van der Waals surface area contributed by atoms with Crippen LogP contribution in [-0.4, -0.2) is 62.9 Å². The molecular formula is C22H28N6O3. The first-order valence-electron chi connectivity index (χ1n) is 10.4. The Kier molecular flexibility index (Phi) is 5.88. The minimum Gasteiger partial charge on any atom is -0.468 e. The molecule has 3 aromatic rings. The summed E-state index contributed by atoms with van der Waals surface area (Å²) in [5, 5.41) is 14.0. The number of anilines is 1. The number of ether oxygens (including phenoxy) is 1. The minimum atomic E-state index is -0.820. The maximum atomic E-state index is 12.0. The van der Waals surface area contributed by atoms with Crippen molar-refractivity contribution in [3.05, 3.63) is 36.3 Å².